The first-order valence-corrected chi connectivity index (χ1v) is 8.32. The zero-order chi connectivity index (χ0) is 17.0. The number of benzene rings is 1. The van der Waals surface area contributed by atoms with Crippen LogP contribution >= 0.6 is 11.3 Å². The number of carbonyl (C=O) groups excluding carboxylic acids is 2. The number of nitrogens with zero attached hydrogens (tertiary/aromatic N) is 2. The summed E-state index contributed by atoms with van der Waals surface area (Å²) in [6.45, 7) is 8.17. The lowest BCUT2D eigenvalue weighted by molar-refractivity contribution is -0.116. The normalized spacial score (nSPS) is 10.4. The third-order valence-electron chi connectivity index (χ3n) is 3.58. The molecule has 2 rings (SSSR count). The van der Waals surface area contributed by atoms with Crippen LogP contribution in [0.25, 0.3) is 0 Å². The molecule has 0 atom stereocenters. The van der Waals surface area contributed by atoms with Gasteiger partial charge in [-0.1, -0.05) is 17.7 Å². The second-order valence-electron chi connectivity index (χ2n) is 5.39. The van der Waals surface area contributed by atoms with Crippen molar-refractivity contribution in [2.45, 2.75) is 27.7 Å². The van der Waals surface area contributed by atoms with Gasteiger partial charge in [0.1, 0.15) is 6.54 Å². The van der Waals surface area contributed by atoms with Crippen LogP contribution in [0.1, 0.15) is 33.4 Å². The molecule has 5 nitrogen and oxygen atoms in total. The molecule has 2 amide bonds. The summed E-state index contributed by atoms with van der Waals surface area (Å²) in [4.78, 5) is 31.5. The average molecular weight is 331 g/mol. The number of rotatable bonds is 5. The van der Waals surface area contributed by atoms with E-state index in [1.54, 1.807) is 12.1 Å². The Bertz CT molecular complexity index is 688. The fourth-order valence-corrected chi connectivity index (χ4v) is 2.90. The number of thiazole rings is 1. The summed E-state index contributed by atoms with van der Waals surface area (Å²) < 4.78 is 0. The third kappa shape index (κ3) is 4.39. The summed E-state index contributed by atoms with van der Waals surface area (Å²) >= 11 is 1.44. The van der Waals surface area contributed by atoms with Crippen molar-refractivity contribution in [2.75, 3.05) is 18.4 Å². The van der Waals surface area contributed by atoms with Crippen LogP contribution in [0.4, 0.5) is 5.13 Å². The molecule has 1 heterocycles. The van der Waals surface area contributed by atoms with E-state index in [2.05, 4.69) is 10.3 Å². The molecule has 1 aromatic carbocycles. The Morgan fingerprint density at radius 2 is 1.83 bits per heavy atom. The number of nitrogens with one attached hydrogen (secondary N) is 1. The predicted molar refractivity (Wildman–Crippen MR) is 93.0 cm³/mol. The Hall–Kier alpha value is -2.21. The summed E-state index contributed by atoms with van der Waals surface area (Å²) in [7, 11) is 0. The maximum Gasteiger partial charge on any atom is 0.254 e. The van der Waals surface area contributed by atoms with Crippen molar-refractivity contribution in [2.24, 2.45) is 0 Å². The smallest absolute Gasteiger partial charge is 0.254 e. The van der Waals surface area contributed by atoms with E-state index in [0.717, 1.165) is 16.1 Å². The van der Waals surface area contributed by atoms with Crippen LogP contribution in [0, 0.1) is 20.8 Å². The molecule has 23 heavy (non-hydrogen) atoms. The lowest BCUT2D eigenvalue weighted by Gasteiger charge is -2.20. The highest BCUT2D eigenvalue weighted by atomic mass is 32.1. The number of carbonyl (C=O) groups is 2. The zero-order valence-electron chi connectivity index (χ0n) is 13.8. The minimum atomic E-state index is -0.235. The van der Waals surface area contributed by atoms with E-state index < -0.39 is 0 Å². The van der Waals surface area contributed by atoms with Crippen molar-refractivity contribution in [1.29, 1.82) is 0 Å². The third-order valence-corrected chi connectivity index (χ3v) is 4.57. The Labute approximate surface area is 140 Å². The van der Waals surface area contributed by atoms with Crippen molar-refractivity contribution in [3.8, 4) is 0 Å². The van der Waals surface area contributed by atoms with Gasteiger partial charge < -0.3 is 10.2 Å². The van der Waals surface area contributed by atoms with Gasteiger partial charge in [0.2, 0.25) is 5.91 Å². The summed E-state index contributed by atoms with van der Waals surface area (Å²) in [6.07, 6.45) is 0. The topological polar surface area (TPSA) is 62.3 Å². The standard InChI is InChI=1S/C17H21N3O2S/c1-5-20(16(22)14-8-6-11(2)7-9-14)10-15(21)19-17-18-12(3)13(4)23-17/h6-9H,5,10H2,1-4H3,(H,18,19,21). The van der Waals surface area contributed by atoms with Crippen LogP contribution in [0.3, 0.4) is 0 Å². The van der Waals surface area contributed by atoms with Gasteiger partial charge in [-0.15, -0.1) is 11.3 Å². The molecular formula is C17H21N3O2S. The molecule has 0 bridgehead atoms. The molecule has 2 aromatic rings. The van der Waals surface area contributed by atoms with Crippen LogP contribution in [0.2, 0.25) is 0 Å². The Morgan fingerprint density at radius 3 is 2.35 bits per heavy atom. The van der Waals surface area contributed by atoms with E-state index in [9.17, 15) is 9.59 Å². The molecule has 0 saturated carbocycles. The predicted octanol–water partition coefficient (Wildman–Crippen LogP) is 3.17. The highest BCUT2D eigenvalue weighted by Crippen LogP contribution is 2.21. The number of hydrogen-bond donors (Lipinski definition) is 1. The second-order valence-corrected chi connectivity index (χ2v) is 6.60. The van der Waals surface area contributed by atoms with Gasteiger partial charge >= 0.3 is 0 Å². The van der Waals surface area contributed by atoms with Crippen LogP contribution in [0.5, 0.6) is 0 Å². The summed E-state index contributed by atoms with van der Waals surface area (Å²) in [5, 5.41) is 3.33. The Kier molecular flexibility index (Phi) is 5.50. The first-order chi connectivity index (χ1) is 10.9. The molecule has 0 aliphatic rings. The van der Waals surface area contributed by atoms with Crippen molar-refractivity contribution < 1.29 is 9.59 Å². The fourth-order valence-electron chi connectivity index (χ4n) is 2.06. The fraction of sp³-hybridized carbons (Fsp3) is 0.353. The summed E-state index contributed by atoms with van der Waals surface area (Å²) in [5.74, 6) is -0.379. The van der Waals surface area contributed by atoms with E-state index in [1.807, 2.05) is 39.8 Å². The van der Waals surface area contributed by atoms with Crippen LogP contribution < -0.4 is 5.32 Å². The SMILES string of the molecule is CCN(CC(=O)Nc1nc(C)c(C)s1)C(=O)c1ccc(C)cc1. The van der Waals surface area contributed by atoms with Crippen molar-refractivity contribution in [3.63, 3.8) is 0 Å². The first kappa shape index (κ1) is 17.1. The number of amides is 2. The molecule has 1 aromatic heterocycles. The molecule has 1 N–H and O–H groups in total. The van der Waals surface area contributed by atoms with Gasteiger partial charge in [-0.3, -0.25) is 9.59 Å². The number of aryl methyl sites for hydroxylation is 3. The molecule has 0 spiro atoms. The van der Waals surface area contributed by atoms with Gasteiger partial charge in [0.15, 0.2) is 5.13 Å². The second kappa shape index (κ2) is 7.37. The molecule has 0 radical (unpaired) electrons. The molecule has 6 heteroatoms. The van der Waals surface area contributed by atoms with Gasteiger partial charge in [0.25, 0.3) is 5.91 Å². The lowest BCUT2D eigenvalue weighted by atomic mass is 10.1. The van der Waals surface area contributed by atoms with Gasteiger partial charge in [-0.05, 0) is 39.8 Å². The number of anilines is 1. The maximum absolute atomic E-state index is 12.5. The lowest BCUT2D eigenvalue weighted by Crippen LogP contribution is -2.37. The van der Waals surface area contributed by atoms with Gasteiger partial charge in [-0.25, -0.2) is 4.98 Å². The summed E-state index contributed by atoms with van der Waals surface area (Å²) in [6, 6.07) is 7.35. The first-order valence-electron chi connectivity index (χ1n) is 7.50. The molecule has 0 aliphatic carbocycles. The van der Waals surface area contributed by atoms with Crippen molar-refractivity contribution >= 4 is 28.3 Å². The van der Waals surface area contributed by atoms with Gasteiger partial charge in [0, 0.05) is 17.0 Å². The van der Waals surface area contributed by atoms with E-state index in [4.69, 9.17) is 0 Å². The molecule has 0 fully saturated rings. The summed E-state index contributed by atoms with van der Waals surface area (Å²) in [5.41, 5.74) is 2.59. The van der Waals surface area contributed by atoms with E-state index in [-0.39, 0.29) is 18.4 Å². The quantitative estimate of drug-likeness (QED) is 0.915. The highest BCUT2D eigenvalue weighted by molar-refractivity contribution is 7.15. The molecule has 122 valence electrons. The highest BCUT2D eigenvalue weighted by Gasteiger charge is 2.18. The van der Waals surface area contributed by atoms with E-state index >= 15 is 0 Å². The Balaban J connectivity index is 2.01. The minimum Gasteiger partial charge on any atom is -0.330 e. The monoisotopic (exact) mass is 331 g/mol. The van der Waals surface area contributed by atoms with Gasteiger partial charge in [-0.2, -0.15) is 0 Å². The number of hydrogen-bond acceptors (Lipinski definition) is 4. The van der Waals surface area contributed by atoms with Gasteiger partial charge in [0.05, 0.1) is 5.69 Å². The Morgan fingerprint density at radius 1 is 1.17 bits per heavy atom. The van der Waals surface area contributed by atoms with Crippen LogP contribution in [-0.4, -0.2) is 34.8 Å². The van der Waals surface area contributed by atoms with E-state index in [0.29, 0.717) is 17.2 Å². The molecular weight excluding hydrogens is 310 g/mol. The molecule has 0 unspecified atom stereocenters. The van der Waals surface area contributed by atoms with E-state index in [1.165, 1.54) is 16.2 Å². The number of likely N-dealkylation sites (N-methyl/N-ethyl adjacent to an activating group) is 1. The number of aromatic nitrogens is 1. The van der Waals surface area contributed by atoms with Crippen LogP contribution in [0.15, 0.2) is 24.3 Å². The van der Waals surface area contributed by atoms with Crippen molar-refractivity contribution in [3.05, 3.63) is 46.0 Å². The average Bonchev–Trinajstić information content (AvgIpc) is 2.82. The maximum atomic E-state index is 12.5. The molecule has 0 saturated heterocycles. The molecule has 0 aliphatic heterocycles. The van der Waals surface area contributed by atoms with Crippen LogP contribution in [-0.2, 0) is 4.79 Å². The zero-order valence-corrected chi connectivity index (χ0v) is 14.7. The minimum absolute atomic E-state index is 0.0148. The van der Waals surface area contributed by atoms with Crippen molar-refractivity contribution in [1.82, 2.24) is 9.88 Å². The largest absolute Gasteiger partial charge is 0.330 e.